The lowest BCUT2D eigenvalue weighted by molar-refractivity contribution is -0.521. The minimum absolute atomic E-state index is 0.0835. The van der Waals surface area contributed by atoms with Crippen molar-refractivity contribution in [3.05, 3.63) is 82.0 Å². The zero-order chi connectivity index (χ0) is 16.5. The Morgan fingerprint density at radius 2 is 1.83 bits per heavy atom. The van der Waals surface area contributed by atoms with Crippen LogP contribution in [0.15, 0.2) is 60.8 Å². The first-order valence-electron chi connectivity index (χ1n) is 8.18. The predicted molar refractivity (Wildman–Crippen MR) is 93.5 cm³/mol. The van der Waals surface area contributed by atoms with Gasteiger partial charge in [0.05, 0.1) is 12.5 Å². The molecule has 1 saturated heterocycles. The molecule has 0 bridgehead atoms. The summed E-state index contributed by atoms with van der Waals surface area (Å²) in [4.78, 5) is 16.9. The fourth-order valence-corrected chi connectivity index (χ4v) is 3.76. The number of fused-ring (bicyclic) bond motifs is 1. The number of aromatic amines is 1. The lowest BCUT2D eigenvalue weighted by Crippen LogP contribution is -2.28. The lowest BCUT2D eigenvalue weighted by atomic mass is 9.94. The van der Waals surface area contributed by atoms with Crippen LogP contribution in [-0.2, 0) is 6.54 Å². The molecule has 5 heteroatoms. The van der Waals surface area contributed by atoms with E-state index in [4.69, 9.17) is 0 Å². The number of nitrogens with zero attached hydrogens (tertiary/aromatic N) is 2. The molecule has 1 aliphatic rings. The number of benzene rings is 2. The molecule has 122 valence electrons. The molecule has 1 aliphatic heterocycles. The molecule has 2 atom stereocenters. The third kappa shape index (κ3) is 2.67. The summed E-state index contributed by atoms with van der Waals surface area (Å²) in [7, 11) is 0. The summed E-state index contributed by atoms with van der Waals surface area (Å²) < 4.78 is 0. The highest BCUT2D eigenvalue weighted by molar-refractivity contribution is 5.83. The van der Waals surface area contributed by atoms with Gasteiger partial charge in [-0.3, -0.25) is 15.0 Å². The molecule has 24 heavy (non-hydrogen) atoms. The van der Waals surface area contributed by atoms with Crippen molar-refractivity contribution in [3.63, 3.8) is 0 Å². The molecule has 2 unspecified atom stereocenters. The van der Waals surface area contributed by atoms with Crippen molar-refractivity contribution < 1.29 is 4.92 Å². The molecule has 5 nitrogen and oxygen atoms in total. The average molecular weight is 321 g/mol. The van der Waals surface area contributed by atoms with Gasteiger partial charge in [0.15, 0.2) is 0 Å². The standard InChI is InChI=1S/C19H19N3O2/c23-22(24)19-13-21(11-14-6-2-1-3-7-14)12-17(19)16-10-20-18-9-5-4-8-15(16)18/h1-10,17,19-20H,11-13H2. The van der Waals surface area contributed by atoms with Gasteiger partial charge in [-0.15, -0.1) is 0 Å². The topological polar surface area (TPSA) is 62.2 Å². The molecule has 0 radical (unpaired) electrons. The maximum absolute atomic E-state index is 11.6. The third-order valence-electron chi connectivity index (χ3n) is 4.91. The number of likely N-dealkylation sites (tertiary alicyclic amines) is 1. The summed E-state index contributed by atoms with van der Waals surface area (Å²) in [6, 6.07) is 17.6. The van der Waals surface area contributed by atoms with Crippen molar-refractivity contribution in [3.8, 4) is 0 Å². The molecular formula is C19H19N3O2. The van der Waals surface area contributed by atoms with Crippen molar-refractivity contribution >= 4 is 10.9 Å². The Hall–Kier alpha value is -2.66. The monoisotopic (exact) mass is 321 g/mol. The Bertz CT molecular complexity index is 859. The molecule has 1 aromatic heterocycles. The number of para-hydroxylation sites is 1. The first-order chi connectivity index (χ1) is 11.7. The second-order valence-electron chi connectivity index (χ2n) is 6.43. The van der Waals surface area contributed by atoms with Crippen LogP contribution in [0.4, 0.5) is 0 Å². The van der Waals surface area contributed by atoms with Crippen LogP contribution >= 0.6 is 0 Å². The highest BCUT2D eigenvalue weighted by Gasteiger charge is 2.42. The van der Waals surface area contributed by atoms with E-state index in [1.54, 1.807) is 0 Å². The summed E-state index contributed by atoms with van der Waals surface area (Å²) in [6.07, 6.45) is 1.94. The van der Waals surface area contributed by atoms with Crippen LogP contribution in [0.1, 0.15) is 17.0 Å². The van der Waals surface area contributed by atoms with Gasteiger partial charge in [-0.1, -0.05) is 48.5 Å². The number of nitro groups is 1. The van der Waals surface area contributed by atoms with E-state index in [1.165, 1.54) is 5.56 Å². The SMILES string of the molecule is O=[N+]([O-])C1CN(Cc2ccccc2)CC1c1c[nH]c2ccccc12. The molecule has 2 heterocycles. The zero-order valence-electron chi connectivity index (χ0n) is 13.3. The van der Waals surface area contributed by atoms with Gasteiger partial charge in [-0.2, -0.15) is 0 Å². The van der Waals surface area contributed by atoms with Crippen LogP contribution in [0.2, 0.25) is 0 Å². The van der Waals surface area contributed by atoms with Crippen molar-refractivity contribution in [1.29, 1.82) is 0 Å². The van der Waals surface area contributed by atoms with E-state index in [2.05, 4.69) is 22.0 Å². The van der Waals surface area contributed by atoms with E-state index in [-0.39, 0.29) is 10.8 Å². The third-order valence-corrected chi connectivity index (χ3v) is 4.91. The van der Waals surface area contributed by atoms with Crippen LogP contribution in [0.3, 0.4) is 0 Å². The fourth-order valence-electron chi connectivity index (χ4n) is 3.76. The Morgan fingerprint density at radius 1 is 1.08 bits per heavy atom. The average Bonchev–Trinajstić information content (AvgIpc) is 3.19. The van der Waals surface area contributed by atoms with E-state index >= 15 is 0 Å². The van der Waals surface area contributed by atoms with Gasteiger partial charge in [0.2, 0.25) is 6.04 Å². The second-order valence-corrected chi connectivity index (χ2v) is 6.43. The Balaban J connectivity index is 1.63. The molecule has 0 saturated carbocycles. The summed E-state index contributed by atoms with van der Waals surface area (Å²) >= 11 is 0. The van der Waals surface area contributed by atoms with Gasteiger partial charge >= 0.3 is 0 Å². The molecule has 0 spiro atoms. The number of H-pyrrole nitrogens is 1. The van der Waals surface area contributed by atoms with Gasteiger partial charge in [0, 0.05) is 35.1 Å². The van der Waals surface area contributed by atoms with E-state index < -0.39 is 6.04 Å². The van der Waals surface area contributed by atoms with E-state index in [9.17, 15) is 10.1 Å². The fraction of sp³-hybridized carbons (Fsp3) is 0.263. The summed E-state index contributed by atoms with van der Waals surface area (Å²) in [6.45, 7) is 1.96. The maximum Gasteiger partial charge on any atom is 0.233 e. The molecule has 0 amide bonds. The molecule has 1 fully saturated rings. The van der Waals surface area contributed by atoms with Crippen LogP contribution in [0.5, 0.6) is 0 Å². The minimum atomic E-state index is -0.562. The highest BCUT2D eigenvalue weighted by Crippen LogP contribution is 2.34. The first-order valence-corrected chi connectivity index (χ1v) is 8.18. The predicted octanol–water partition coefficient (Wildman–Crippen LogP) is 3.41. The maximum atomic E-state index is 11.6. The van der Waals surface area contributed by atoms with Crippen molar-refractivity contribution in [1.82, 2.24) is 9.88 Å². The normalized spacial score (nSPS) is 21.3. The first kappa shape index (κ1) is 14.9. The van der Waals surface area contributed by atoms with Crippen LogP contribution in [0, 0.1) is 10.1 Å². The molecule has 4 rings (SSSR count). The van der Waals surface area contributed by atoms with Gasteiger partial charge in [0.25, 0.3) is 0 Å². The molecule has 3 aromatic rings. The number of hydrogen-bond acceptors (Lipinski definition) is 3. The molecule has 2 aromatic carbocycles. The second kappa shape index (κ2) is 6.09. The van der Waals surface area contributed by atoms with E-state index in [1.807, 2.05) is 48.7 Å². The van der Waals surface area contributed by atoms with Gasteiger partial charge < -0.3 is 4.98 Å². The number of nitrogens with one attached hydrogen (secondary N) is 1. The summed E-state index contributed by atoms with van der Waals surface area (Å²) in [5.41, 5.74) is 3.29. The number of rotatable bonds is 4. The lowest BCUT2D eigenvalue weighted by Gasteiger charge is -2.14. The van der Waals surface area contributed by atoms with E-state index in [0.717, 1.165) is 23.0 Å². The van der Waals surface area contributed by atoms with Crippen LogP contribution < -0.4 is 0 Å². The summed E-state index contributed by atoms with van der Waals surface area (Å²) in [5.74, 6) is -0.0835. The number of hydrogen-bond donors (Lipinski definition) is 1. The van der Waals surface area contributed by atoms with Gasteiger partial charge in [-0.05, 0) is 17.2 Å². The largest absolute Gasteiger partial charge is 0.361 e. The smallest absolute Gasteiger partial charge is 0.233 e. The number of aromatic nitrogens is 1. The molecule has 1 N–H and O–H groups in total. The van der Waals surface area contributed by atoms with Gasteiger partial charge in [-0.25, -0.2) is 0 Å². The van der Waals surface area contributed by atoms with Gasteiger partial charge in [0.1, 0.15) is 0 Å². The van der Waals surface area contributed by atoms with Crippen LogP contribution in [0.25, 0.3) is 10.9 Å². The Morgan fingerprint density at radius 3 is 2.62 bits per heavy atom. The zero-order valence-corrected chi connectivity index (χ0v) is 13.3. The minimum Gasteiger partial charge on any atom is -0.361 e. The molecule has 0 aliphatic carbocycles. The van der Waals surface area contributed by atoms with Crippen LogP contribution in [-0.4, -0.2) is 33.9 Å². The highest BCUT2D eigenvalue weighted by atomic mass is 16.6. The summed E-state index contributed by atoms with van der Waals surface area (Å²) in [5, 5.41) is 12.7. The molecular weight excluding hydrogens is 302 g/mol. The quantitative estimate of drug-likeness (QED) is 0.591. The van der Waals surface area contributed by atoms with Crippen molar-refractivity contribution in [2.75, 3.05) is 13.1 Å². The van der Waals surface area contributed by atoms with Crippen molar-refractivity contribution in [2.24, 2.45) is 0 Å². The van der Waals surface area contributed by atoms with E-state index in [0.29, 0.717) is 13.1 Å². The Kier molecular flexibility index (Phi) is 3.78. The Labute approximate surface area is 140 Å². The van der Waals surface area contributed by atoms with Crippen molar-refractivity contribution in [2.45, 2.75) is 18.5 Å².